The molecule has 0 aromatic carbocycles. The van der Waals surface area contributed by atoms with Crippen LogP contribution in [0.3, 0.4) is 0 Å². The van der Waals surface area contributed by atoms with Crippen LogP contribution in [0.15, 0.2) is 5.38 Å². The minimum atomic E-state index is 0.0849. The van der Waals surface area contributed by atoms with E-state index in [0.717, 1.165) is 30.1 Å². The highest BCUT2D eigenvalue weighted by Crippen LogP contribution is 2.34. The second kappa shape index (κ2) is 4.53. The molecule has 88 valence electrons. The number of amides is 1. The maximum atomic E-state index is 12.0. The molecule has 2 heterocycles. The normalized spacial score (nSPS) is 20.8. The molecule has 4 heteroatoms. The van der Waals surface area contributed by atoms with Gasteiger partial charge in [-0.3, -0.25) is 4.79 Å². The number of carbonyl (C=O) groups excluding carboxylic acids is 1. The van der Waals surface area contributed by atoms with E-state index in [1.54, 1.807) is 11.3 Å². The van der Waals surface area contributed by atoms with E-state index in [1.165, 1.54) is 0 Å². The summed E-state index contributed by atoms with van der Waals surface area (Å²) in [4.78, 5) is 18.6. The summed E-state index contributed by atoms with van der Waals surface area (Å²) >= 11 is 1.67. The highest BCUT2D eigenvalue weighted by Gasteiger charge is 2.32. The van der Waals surface area contributed by atoms with Crippen LogP contribution in [0.4, 0.5) is 0 Å². The van der Waals surface area contributed by atoms with E-state index < -0.39 is 0 Å². The lowest BCUT2D eigenvalue weighted by Gasteiger charge is -2.24. The molecule has 0 saturated carbocycles. The molecule has 1 aliphatic heterocycles. The summed E-state index contributed by atoms with van der Waals surface area (Å²) in [5.74, 6) is 0.344. The minimum absolute atomic E-state index is 0.0849. The van der Waals surface area contributed by atoms with Gasteiger partial charge in [0.05, 0.1) is 6.04 Å². The third kappa shape index (κ3) is 2.12. The zero-order valence-corrected chi connectivity index (χ0v) is 10.9. The zero-order valence-electron chi connectivity index (χ0n) is 10.1. The SMILES string of the molecule is Cc1csc([C@H]2CCCN2C(=O)C(C)C)n1. The lowest BCUT2D eigenvalue weighted by atomic mass is 10.1. The fraction of sp³-hybridized carbons (Fsp3) is 0.667. The minimum Gasteiger partial charge on any atom is -0.333 e. The number of aryl methyl sites for hydroxylation is 1. The first-order valence-electron chi connectivity index (χ1n) is 5.82. The van der Waals surface area contributed by atoms with Crippen LogP contribution in [0.25, 0.3) is 0 Å². The Kier molecular flexibility index (Phi) is 3.28. The van der Waals surface area contributed by atoms with Crippen LogP contribution >= 0.6 is 11.3 Å². The molecule has 0 N–H and O–H groups in total. The van der Waals surface area contributed by atoms with Crippen molar-refractivity contribution >= 4 is 17.2 Å². The van der Waals surface area contributed by atoms with Gasteiger partial charge in [0.2, 0.25) is 5.91 Å². The molecule has 1 aromatic heterocycles. The molecule has 16 heavy (non-hydrogen) atoms. The van der Waals surface area contributed by atoms with E-state index in [0.29, 0.717) is 0 Å². The fourth-order valence-electron chi connectivity index (χ4n) is 2.14. The Morgan fingerprint density at radius 1 is 1.62 bits per heavy atom. The first-order valence-corrected chi connectivity index (χ1v) is 6.70. The summed E-state index contributed by atoms with van der Waals surface area (Å²) in [5.41, 5.74) is 1.06. The van der Waals surface area contributed by atoms with Crippen LogP contribution < -0.4 is 0 Å². The van der Waals surface area contributed by atoms with Gasteiger partial charge in [-0.05, 0) is 19.8 Å². The summed E-state index contributed by atoms with van der Waals surface area (Å²) in [6.07, 6.45) is 2.16. The monoisotopic (exact) mass is 238 g/mol. The van der Waals surface area contributed by atoms with Gasteiger partial charge >= 0.3 is 0 Å². The number of thiazole rings is 1. The second-order valence-electron chi connectivity index (χ2n) is 4.67. The average Bonchev–Trinajstić information content (AvgIpc) is 2.83. The van der Waals surface area contributed by atoms with Gasteiger partial charge in [-0.1, -0.05) is 13.8 Å². The smallest absolute Gasteiger partial charge is 0.225 e. The molecular weight excluding hydrogens is 220 g/mol. The summed E-state index contributed by atoms with van der Waals surface area (Å²) in [5, 5.41) is 3.16. The number of likely N-dealkylation sites (tertiary alicyclic amines) is 1. The van der Waals surface area contributed by atoms with E-state index >= 15 is 0 Å². The van der Waals surface area contributed by atoms with Crippen molar-refractivity contribution < 1.29 is 4.79 Å². The van der Waals surface area contributed by atoms with Crippen LogP contribution in [0.5, 0.6) is 0 Å². The van der Waals surface area contributed by atoms with Crippen molar-refractivity contribution in [1.82, 2.24) is 9.88 Å². The van der Waals surface area contributed by atoms with Crippen molar-refractivity contribution in [3.63, 3.8) is 0 Å². The Hall–Kier alpha value is -0.900. The van der Waals surface area contributed by atoms with Gasteiger partial charge in [-0.15, -0.1) is 11.3 Å². The fourth-order valence-corrected chi connectivity index (χ4v) is 3.09. The van der Waals surface area contributed by atoms with Crippen molar-refractivity contribution in [2.45, 2.75) is 39.7 Å². The maximum Gasteiger partial charge on any atom is 0.225 e. The van der Waals surface area contributed by atoms with Crippen molar-refractivity contribution in [2.24, 2.45) is 5.92 Å². The topological polar surface area (TPSA) is 33.2 Å². The molecule has 0 aliphatic carbocycles. The highest BCUT2D eigenvalue weighted by atomic mass is 32.1. The van der Waals surface area contributed by atoms with Crippen LogP contribution in [0.1, 0.15) is 43.4 Å². The lowest BCUT2D eigenvalue weighted by molar-refractivity contribution is -0.135. The predicted octanol–water partition coefficient (Wildman–Crippen LogP) is 2.77. The molecule has 1 aliphatic rings. The molecule has 1 atom stereocenters. The molecule has 1 amide bonds. The largest absolute Gasteiger partial charge is 0.333 e. The Bertz CT molecular complexity index is 386. The Morgan fingerprint density at radius 3 is 2.94 bits per heavy atom. The first-order chi connectivity index (χ1) is 7.59. The summed E-state index contributed by atoms with van der Waals surface area (Å²) in [6, 6.07) is 0.230. The standard InChI is InChI=1S/C12H18N2OS/c1-8(2)12(15)14-6-4-5-10(14)11-13-9(3)7-16-11/h7-8,10H,4-6H2,1-3H3/t10-/m1/s1. The molecule has 2 rings (SSSR count). The van der Waals surface area contributed by atoms with E-state index in [4.69, 9.17) is 0 Å². The molecule has 1 aromatic rings. The Morgan fingerprint density at radius 2 is 2.38 bits per heavy atom. The zero-order chi connectivity index (χ0) is 11.7. The average molecular weight is 238 g/mol. The Balaban J connectivity index is 2.18. The van der Waals surface area contributed by atoms with E-state index in [2.05, 4.69) is 10.4 Å². The number of rotatable bonds is 2. The maximum absolute atomic E-state index is 12.0. The highest BCUT2D eigenvalue weighted by molar-refractivity contribution is 7.09. The molecule has 0 spiro atoms. The second-order valence-corrected chi connectivity index (χ2v) is 5.56. The van der Waals surface area contributed by atoms with E-state index in [-0.39, 0.29) is 17.9 Å². The van der Waals surface area contributed by atoms with Crippen LogP contribution in [-0.4, -0.2) is 22.3 Å². The molecular formula is C12H18N2OS. The number of aromatic nitrogens is 1. The Labute approximate surface area is 100 Å². The molecule has 1 saturated heterocycles. The van der Waals surface area contributed by atoms with Gasteiger partial charge in [-0.25, -0.2) is 4.98 Å². The summed E-state index contributed by atoms with van der Waals surface area (Å²) < 4.78 is 0. The van der Waals surface area contributed by atoms with E-state index in [1.807, 2.05) is 25.7 Å². The van der Waals surface area contributed by atoms with Crippen molar-refractivity contribution in [3.8, 4) is 0 Å². The number of nitrogens with zero attached hydrogens (tertiary/aromatic N) is 2. The van der Waals surface area contributed by atoms with Crippen LogP contribution in [0, 0.1) is 12.8 Å². The van der Waals surface area contributed by atoms with Gasteiger partial charge in [0.25, 0.3) is 0 Å². The van der Waals surface area contributed by atoms with Gasteiger partial charge < -0.3 is 4.90 Å². The van der Waals surface area contributed by atoms with Gasteiger partial charge in [0, 0.05) is 23.5 Å². The number of hydrogen-bond acceptors (Lipinski definition) is 3. The molecule has 0 bridgehead atoms. The third-order valence-corrected chi connectivity index (χ3v) is 4.02. The molecule has 0 radical (unpaired) electrons. The van der Waals surface area contributed by atoms with Crippen molar-refractivity contribution in [3.05, 3.63) is 16.1 Å². The molecule has 1 fully saturated rings. The van der Waals surface area contributed by atoms with Gasteiger partial charge in [0.1, 0.15) is 5.01 Å². The lowest BCUT2D eigenvalue weighted by Crippen LogP contribution is -2.33. The van der Waals surface area contributed by atoms with Crippen molar-refractivity contribution in [2.75, 3.05) is 6.54 Å². The van der Waals surface area contributed by atoms with Gasteiger partial charge in [-0.2, -0.15) is 0 Å². The van der Waals surface area contributed by atoms with Gasteiger partial charge in [0.15, 0.2) is 0 Å². The van der Waals surface area contributed by atoms with Crippen LogP contribution in [-0.2, 0) is 4.79 Å². The summed E-state index contributed by atoms with van der Waals surface area (Å²) in [7, 11) is 0. The van der Waals surface area contributed by atoms with Crippen molar-refractivity contribution in [1.29, 1.82) is 0 Å². The molecule has 3 nitrogen and oxygen atoms in total. The third-order valence-electron chi connectivity index (χ3n) is 2.95. The predicted molar refractivity (Wildman–Crippen MR) is 65.4 cm³/mol. The first kappa shape index (κ1) is 11.6. The number of hydrogen-bond donors (Lipinski definition) is 0. The van der Waals surface area contributed by atoms with E-state index in [9.17, 15) is 4.79 Å². The summed E-state index contributed by atoms with van der Waals surface area (Å²) in [6.45, 7) is 6.82. The van der Waals surface area contributed by atoms with Crippen LogP contribution in [0.2, 0.25) is 0 Å². The number of carbonyl (C=O) groups is 1. The quantitative estimate of drug-likeness (QED) is 0.793. The molecule has 0 unspecified atom stereocenters.